The number of nitrogens with zero attached hydrogens (tertiary/aromatic N) is 1. The van der Waals surface area contributed by atoms with Crippen molar-refractivity contribution in [2.75, 3.05) is 39.5 Å². The van der Waals surface area contributed by atoms with Gasteiger partial charge in [-0.3, -0.25) is 14.4 Å². The van der Waals surface area contributed by atoms with Crippen LogP contribution in [0.15, 0.2) is 0 Å². The summed E-state index contributed by atoms with van der Waals surface area (Å²) in [5.41, 5.74) is -1.17. The Labute approximate surface area is 145 Å². The molecule has 0 aromatic heterocycles. The molecule has 142 valence electrons. The van der Waals surface area contributed by atoms with Crippen molar-refractivity contribution in [3.8, 4) is 0 Å². The first kappa shape index (κ1) is 24.6. The minimum atomic E-state index is -1.17. The Bertz CT molecular complexity index is 356. The zero-order valence-corrected chi connectivity index (χ0v) is 16.1. The van der Waals surface area contributed by atoms with E-state index >= 15 is 0 Å². The molecular formula is C17H33NO6. The highest BCUT2D eigenvalue weighted by Gasteiger charge is 2.37. The summed E-state index contributed by atoms with van der Waals surface area (Å²) in [4.78, 5) is 35.5. The van der Waals surface area contributed by atoms with Gasteiger partial charge in [0, 0.05) is 13.8 Å². The normalized spacial score (nSPS) is 10.5. The predicted octanol–water partition coefficient (Wildman–Crippen LogP) is 2.03. The molecule has 0 heterocycles. The second kappa shape index (κ2) is 13.8. The monoisotopic (exact) mass is 347 g/mol. The van der Waals surface area contributed by atoms with Crippen molar-refractivity contribution in [1.29, 1.82) is 0 Å². The average Bonchev–Trinajstić information content (AvgIpc) is 2.53. The highest BCUT2D eigenvalue weighted by atomic mass is 16.6. The van der Waals surface area contributed by atoms with E-state index in [0.717, 1.165) is 0 Å². The lowest BCUT2D eigenvalue weighted by molar-refractivity contribution is -0.168. The fourth-order valence-corrected chi connectivity index (χ4v) is 1.66. The molecule has 7 nitrogen and oxygen atoms in total. The Kier molecular flexibility index (Phi) is 14.1. The van der Waals surface area contributed by atoms with Crippen LogP contribution in [0.5, 0.6) is 0 Å². The van der Waals surface area contributed by atoms with Gasteiger partial charge in [0.05, 0.1) is 6.61 Å². The summed E-state index contributed by atoms with van der Waals surface area (Å²) in [5.74, 6) is -1.59. The van der Waals surface area contributed by atoms with Crippen LogP contribution in [0.4, 0.5) is 0 Å². The highest BCUT2D eigenvalue weighted by Crippen LogP contribution is 2.20. The summed E-state index contributed by atoms with van der Waals surface area (Å²) >= 11 is 0. The molecule has 24 heavy (non-hydrogen) atoms. The topological polar surface area (TPSA) is 82.1 Å². The van der Waals surface area contributed by atoms with E-state index in [-0.39, 0.29) is 19.8 Å². The maximum atomic E-state index is 11.7. The first-order valence-electron chi connectivity index (χ1n) is 8.32. The van der Waals surface area contributed by atoms with Gasteiger partial charge in [0.25, 0.3) is 0 Å². The van der Waals surface area contributed by atoms with Crippen LogP contribution in [-0.4, -0.2) is 62.3 Å². The van der Waals surface area contributed by atoms with Crippen molar-refractivity contribution in [3.05, 3.63) is 0 Å². The molecule has 0 bridgehead atoms. The Hall–Kier alpha value is -1.63. The maximum absolute atomic E-state index is 11.7. The maximum Gasteiger partial charge on any atom is 0.318 e. The summed E-state index contributed by atoms with van der Waals surface area (Å²) in [7, 11) is 0. The van der Waals surface area contributed by atoms with E-state index in [1.807, 2.05) is 0 Å². The van der Waals surface area contributed by atoms with Crippen LogP contribution in [0.3, 0.4) is 0 Å². The smallest absolute Gasteiger partial charge is 0.318 e. The number of rotatable bonds is 9. The number of ether oxygens (including phenoxy) is 3. The number of carbonyl (C=O) groups is 3. The summed E-state index contributed by atoms with van der Waals surface area (Å²) < 4.78 is 14.4. The van der Waals surface area contributed by atoms with Crippen molar-refractivity contribution >= 4 is 17.9 Å². The standard InChI is InChI=1S/C11H18O6.C6H15N/c1-5-15-10(14)11(4,6-16-8(2)12)7-17-9(3)13;1-4-7(5-2)6-3/h5-7H2,1-4H3;4-6H2,1-3H3. The van der Waals surface area contributed by atoms with E-state index in [9.17, 15) is 14.4 Å². The van der Waals surface area contributed by atoms with E-state index in [1.54, 1.807) is 6.92 Å². The first-order chi connectivity index (χ1) is 11.2. The van der Waals surface area contributed by atoms with Crippen molar-refractivity contribution < 1.29 is 28.6 Å². The fraction of sp³-hybridized carbons (Fsp3) is 0.824. The molecule has 7 heteroatoms. The van der Waals surface area contributed by atoms with E-state index in [2.05, 4.69) is 25.7 Å². The molecule has 0 aliphatic heterocycles. The zero-order chi connectivity index (χ0) is 19.2. The number of hydrogen-bond acceptors (Lipinski definition) is 7. The van der Waals surface area contributed by atoms with E-state index < -0.39 is 23.3 Å². The molecule has 0 aliphatic carbocycles. The van der Waals surface area contributed by atoms with Gasteiger partial charge in [0.15, 0.2) is 0 Å². The SMILES string of the molecule is CCN(CC)CC.CCOC(=O)C(C)(COC(C)=O)COC(C)=O. The van der Waals surface area contributed by atoms with E-state index in [1.165, 1.54) is 40.4 Å². The van der Waals surface area contributed by atoms with Crippen molar-refractivity contribution in [2.24, 2.45) is 5.41 Å². The van der Waals surface area contributed by atoms with Gasteiger partial charge in [-0.25, -0.2) is 0 Å². The molecule has 0 rings (SSSR count). The lowest BCUT2D eigenvalue weighted by atomic mass is 9.93. The van der Waals surface area contributed by atoms with Crippen molar-refractivity contribution in [1.82, 2.24) is 4.90 Å². The molecule has 0 saturated carbocycles. The molecule has 0 atom stereocenters. The Morgan fingerprint density at radius 1 is 0.792 bits per heavy atom. The molecule has 0 saturated heterocycles. The minimum absolute atomic E-state index is 0.186. The van der Waals surface area contributed by atoms with Gasteiger partial charge < -0.3 is 19.1 Å². The van der Waals surface area contributed by atoms with E-state index in [4.69, 9.17) is 14.2 Å². The second-order valence-electron chi connectivity index (χ2n) is 5.46. The summed E-state index contributed by atoms with van der Waals surface area (Å²) in [6.07, 6.45) is 0. The Balaban J connectivity index is 0. The predicted molar refractivity (Wildman–Crippen MR) is 91.5 cm³/mol. The Morgan fingerprint density at radius 2 is 1.17 bits per heavy atom. The van der Waals surface area contributed by atoms with Crippen LogP contribution >= 0.6 is 0 Å². The molecule has 0 aliphatic rings. The third kappa shape index (κ3) is 11.9. The van der Waals surface area contributed by atoms with Gasteiger partial charge in [0.2, 0.25) is 0 Å². The lowest BCUT2D eigenvalue weighted by Gasteiger charge is -2.25. The molecular weight excluding hydrogens is 314 g/mol. The van der Waals surface area contributed by atoms with Crippen molar-refractivity contribution in [3.63, 3.8) is 0 Å². The summed E-state index contributed by atoms with van der Waals surface area (Å²) in [6, 6.07) is 0. The number of carbonyl (C=O) groups excluding carboxylic acids is 3. The van der Waals surface area contributed by atoms with Crippen LogP contribution in [-0.2, 0) is 28.6 Å². The molecule has 0 fully saturated rings. The molecule has 0 aromatic rings. The first-order valence-corrected chi connectivity index (χ1v) is 8.32. The highest BCUT2D eigenvalue weighted by molar-refractivity contribution is 5.78. The number of esters is 3. The molecule has 0 spiro atoms. The average molecular weight is 347 g/mol. The second-order valence-corrected chi connectivity index (χ2v) is 5.46. The summed E-state index contributed by atoms with van der Waals surface area (Å²) in [5, 5.41) is 0. The zero-order valence-electron chi connectivity index (χ0n) is 16.1. The van der Waals surface area contributed by atoms with Gasteiger partial charge in [-0.15, -0.1) is 0 Å². The molecule has 0 N–H and O–H groups in total. The summed E-state index contributed by atoms with van der Waals surface area (Å²) in [6.45, 7) is 15.6. The minimum Gasteiger partial charge on any atom is -0.465 e. The number of hydrogen-bond donors (Lipinski definition) is 0. The largest absolute Gasteiger partial charge is 0.465 e. The lowest BCUT2D eigenvalue weighted by Crippen LogP contribution is -2.40. The van der Waals surface area contributed by atoms with Gasteiger partial charge in [-0.1, -0.05) is 20.8 Å². The van der Waals surface area contributed by atoms with Crippen LogP contribution in [0, 0.1) is 5.41 Å². The van der Waals surface area contributed by atoms with Gasteiger partial charge in [-0.05, 0) is 33.5 Å². The quantitative estimate of drug-likeness (QED) is 0.466. The fourth-order valence-electron chi connectivity index (χ4n) is 1.66. The van der Waals surface area contributed by atoms with Crippen LogP contribution in [0.1, 0.15) is 48.5 Å². The third-order valence-electron chi connectivity index (χ3n) is 3.30. The molecule has 0 aromatic carbocycles. The van der Waals surface area contributed by atoms with Gasteiger partial charge in [-0.2, -0.15) is 0 Å². The van der Waals surface area contributed by atoms with Crippen molar-refractivity contribution in [2.45, 2.75) is 48.5 Å². The molecule has 0 radical (unpaired) electrons. The van der Waals surface area contributed by atoms with Crippen LogP contribution < -0.4 is 0 Å². The van der Waals surface area contributed by atoms with Gasteiger partial charge in [0.1, 0.15) is 18.6 Å². The van der Waals surface area contributed by atoms with Crippen LogP contribution in [0.2, 0.25) is 0 Å². The van der Waals surface area contributed by atoms with Crippen LogP contribution in [0.25, 0.3) is 0 Å². The van der Waals surface area contributed by atoms with E-state index in [0.29, 0.717) is 0 Å². The van der Waals surface area contributed by atoms with Gasteiger partial charge >= 0.3 is 17.9 Å². The third-order valence-corrected chi connectivity index (χ3v) is 3.30. The molecule has 0 unspecified atom stereocenters. The molecule has 0 amide bonds. The Morgan fingerprint density at radius 3 is 1.38 bits per heavy atom.